The molecule has 0 spiro atoms. The molecule has 2 nitrogen and oxygen atoms in total. The molecule has 11 heavy (non-hydrogen) atoms. The highest BCUT2D eigenvalue weighted by atomic mass is 19.1. The van der Waals surface area contributed by atoms with Crippen molar-refractivity contribution in [2.45, 2.75) is 20.4 Å². The van der Waals surface area contributed by atoms with Crippen molar-refractivity contribution in [1.29, 1.82) is 0 Å². The van der Waals surface area contributed by atoms with Crippen molar-refractivity contribution < 1.29 is 4.39 Å². The average molecular weight is 155 g/mol. The lowest BCUT2D eigenvalue weighted by molar-refractivity contribution is 0.597. The van der Waals surface area contributed by atoms with Gasteiger partial charge in [0.25, 0.3) is 5.56 Å². The SMILES string of the molecule is CCn1cc(C)c(F)cc1=O. The molecule has 0 N–H and O–H groups in total. The van der Waals surface area contributed by atoms with E-state index >= 15 is 0 Å². The number of aryl methyl sites for hydroxylation is 2. The van der Waals surface area contributed by atoms with Gasteiger partial charge in [-0.15, -0.1) is 0 Å². The van der Waals surface area contributed by atoms with Crippen molar-refractivity contribution in [3.63, 3.8) is 0 Å². The summed E-state index contributed by atoms with van der Waals surface area (Å²) in [5.41, 5.74) is 0.224. The molecule has 0 aliphatic heterocycles. The van der Waals surface area contributed by atoms with Crippen LogP contribution in [0.4, 0.5) is 4.39 Å². The second kappa shape index (κ2) is 2.86. The van der Waals surface area contributed by atoms with E-state index < -0.39 is 5.82 Å². The van der Waals surface area contributed by atoms with Crippen LogP contribution in [-0.4, -0.2) is 4.57 Å². The van der Waals surface area contributed by atoms with E-state index in [9.17, 15) is 9.18 Å². The van der Waals surface area contributed by atoms with Crippen LogP contribution in [0.15, 0.2) is 17.1 Å². The molecule has 60 valence electrons. The van der Waals surface area contributed by atoms with Gasteiger partial charge >= 0.3 is 0 Å². The van der Waals surface area contributed by atoms with Crippen LogP contribution in [0.1, 0.15) is 12.5 Å². The molecule has 0 radical (unpaired) electrons. The first-order chi connectivity index (χ1) is 5.15. The fourth-order valence-corrected chi connectivity index (χ4v) is 0.911. The monoisotopic (exact) mass is 155 g/mol. The first kappa shape index (κ1) is 7.98. The summed E-state index contributed by atoms with van der Waals surface area (Å²) in [4.78, 5) is 10.9. The molecule has 0 unspecified atom stereocenters. The Morgan fingerprint density at radius 2 is 2.27 bits per heavy atom. The van der Waals surface area contributed by atoms with E-state index in [1.807, 2.05) is 6.92 Å². The van der Waals surface area contributed by atoms with Gasteiger partial charge < -0.3 is 4.57 Å². The minimum atomic E-state index is -0.431. The number of halogens is 1. The number of hydrogen-bond acceptors (Lipinski definition) is 1. The molecule has 0 saturated heterocycles. The fourth-order valence-electron chi connectivity index (χ4n) is 0.911. The first-order valence-electron chi connectivity index (χ1n) is 3.51. The van der Waals surface area contributed by atoms with Crippen molar-refractivity contribution in [3.8, 4) is 0 Å². The summed E-state index contributed by atoms with van der Waals surface area (Å²) in [5, 5.41) is 0. The fraction of sp³-hybridized carbons (Fsp3) is 0.375. The van der Waals surface area contributed by atoms with Gasteiger partial charge in [-0.3, -0.25) is 4.79 Å². The summed E-state index contributed by atoms with van der Waals surface area (Å²) in [7, 11) is 0. The Balaban J connectivity index is 3.32. The maximum absolute atomic E-state index is 12.7. The third kappa shape index (κ3) is 1.48. The third-order valence-corrected chi connectivity index (χ3v) is 1.60. The van der Waals surface area contributed by atoms with Gasteiger partial charge in [-0.05, 0) is 13.8 Å². The number of rotatable bonds is 1. The van der Waals surface area contributed by atoms with Gasteiger partial charge in [-0.1, -0.05) is 0 Å². The Hall–Kier alpha value is -1.12. The zero-order valence-electron chi connectivity index (χ0n) is 6.60. The molecule has 0 aliphatic carbocycles. The molecular formula is C8H10FNO. The van der Waals surface area contributed by atoms with E-state index in [2.05, 4.69) is 0 Å². The molecule has 0 bridgehead atoms. The Kier molecular flexibility index (Phi) is 2.08. The summed E-state index contributed by atoms with van der Waals surface area (Å²) in [5.74, 6) is -0.431. The van der Waals surface area contributed by atoms with Crippen LogP contribution in [0, 0.1) is 12.7 Å². The Bertz CT molecular complexity index is 316. The van der Waals surface area contributed by atoms with Crippen molar-refractivity contribution in [3.05, 3.63) is 34.0 Å². The number of nitrogens with zero attached hydrogens (tertiary/aromatic N) is 1. The van der Waals surface area contributed by atoms with Crippen LogP contribution < -0.4 is 5.56 Å². The molecule has 3 heteroatoms. The van der Waals surface area contributed by atoms with Gasteiger partial charge in [-0.2, -0.15) is 0 Å². The van der Waals surface area contributed by atoms with Crippen LogP contribution in [0.2, 0.25) is 0 Å². The van der Waals surface area contributed by atoms with E-state index in [1.165, 1.54) is 10.8 Å². The Labute approximate surface area is 64.3 Å². The molecule has 1 aromatic heterocycles. The molecule has 1 heterocycles. The maximum atomic E-state index is 12.7. The van der Waals surface area contributed by atoms with Crippen molar-refractivity contribution >= 4 is 0 Å². The molecule has 1 rings (SSSR count). The van der Waals surface area contributed by atoms with Crippen LogP contribution >= 0.6 is 0 Å². The van der Waals surface area contributed by atoms with Gasteiger partial charge in [0.05, 0.1) is 0 Å². The largest absolute Gasteiger partial charge is 0.315 e. The van der Waals surface area contributed by atoms with E-state index in [1.54, 1.807) is 6.92 Å². The normalized spacial score (nSPS) is 10.1. The maximum Gasteiger partial charge on any atom is 0.253 e. The number of aromatic nitrogens is 1. The lowest BCUT2D eigenvalue weighted by Crippen LogP contribution is -2.18. The smallest absolute Gasteiger partial charge is 0.253 e. The molecule has 0 fully saturated rings. The second-order valence-electron chi connectivity index (χ2n) is 2.43. The highest BCUT2D eigenvalue weighted by Crippen LogP contribution is 2.00. The highest BCUT2D eigenvalue weighted by molar-refractivity contribution is 5.10. The van der Waals surface area contributed by atoms with Gasteiger partial charge in [0.2, 0.25) is 0 Å². The van der Waals surface area contributed by atoms with E-state index in [0.29, 0.717) is 12.1 Å². The zero-order valence-corrected chi connectivity index (χ0v) is 6.60. The first-order valence-corrected chi connectivity index (χ1v) is 3.51. The number of hydrogen-bond donors (Lipinski definition) is 0. The van der Waals surface area contributed by atoms with Crippen molar-refractivity contribution in [1.82, 2.24) is 4.57 Å². The Morgan fingerprint density at radius 1 is 1.64 bits per heavy atom. The highest BCUT2D eigenvalue weighted by Gasteiger charge is 1.99. The topological polar surface area (TPSA) is 22.0 Å². The molecule has 0 aliphatic rings. The summed E-state index contributed by atoms with van der Waals surface area (Å²) in [6.45, 7) is 4.07. The molecule has 1 aromatic rings. The van der Waals surface area contributed by atoms with Gasteiger partial charge in [0.15, 0.2) is 0 Å². The molecule has 0 saturated carbocycles. The van der Waals surface area contributed by atoms with Gasteiger partial charge in [0.1, 0.15) is 5.82 Å². The van der Waals surface area contributed by atoms with E-state index in [-0.39, 0.29) is 5.56 Å². The molecule has 0 amide bonds. The molecular weight excluding hydrogens is 145 g/mol. The Morgan fingerprint density at radius 3 is 2.82 bits per heavy atom. The summed E-state index contributed by atoms with van der Waals surface area (Å²) in [6.07, 6.45) is 1.53. The van der Waals surface area contributed by atoms with Crippen molar-refractivity contribution in [2.75, 3.05) is 0 Å². The van der Waals surface area contributed by atoms with E-state index in [4.69, 9.17) is 0 Å². The lowest BCUT2D eigenvalue weighted by Gasteiger charge is -2.02. The number of pyridine rings is 1. The predicted molar refractivity (Wildman–Crippen MR) is 41.1 cm³/mol. The third-order valence-electron chi connectivity index (χ3n) is 1.60. The molecule has 0 atom stereocenters. The predicted octanol–water partition coefficient (Wildman–Crippen LogP) is 1.32. The zero-order chi connectivity index (χ0) is 8.43. The standard InChI is InChI=1S/C8H10FNO/c1-3-10-5-6(2)7(9)4-8(10)11/h4-5H,3H2,1-2H3. The molecule has 0 aromatic carbocycles. The summed E-state index contributed by atoms with van der Waals surface area (Å²) >= 11 is 0. The van der Waals surface area contributed by atoms with Gasteiger partial charge in [-0.25, -0.2) is 4.39 Å². The average Bonchev–Trinajstić information content (AvgIpc) is 1.97. The van der Waals surface area contributed by atoms with Crippen LogP contribution in [0.5, 0.6) is 0 Å². The van der Waals surface area contributed by atoms with Crippen LogP contribution in [-0.2, 0) is 6.54 Å². The summed E-state index contributed by atoms with van der Waals surface area (Å²) < 4.78 is 14.2. The quantitative estimate of drug-likeness (QED) is 0.599. The van der Waals surface area contributed by atoms with Crippen LogP contribution in [0.25, 0.3) is 0 Å². The minimum absolute atomic E-state index is 0.282. The second-order valence-corrected chi connectivity index (χ2v) is 2.43. The van der Waals surface area contributed by atoms with Gasteiger partial charge in [0, 0.05) is 24.4 Å². The van der Waals surface area contributed by atoms with E-state index in [0.717, 1.165) is 6.07 Å². The van der Waals surface area contributed by atoms with Crippen LogP contribution in [0.3, 0.4) is 0 Å². The lowest BCUT2D eigenvalue weighted by atomic mass is 10.3. The van der Waals surface area contributed by atoms with Crippen molar-refractivity contribution in [2.24, 2.45) is 0 Å². The minimum Gasteiger partial charge on any atom is -0.315 e. The summed E-state index contributed by atoms with van der Waals surface area (Å²) in [6, 6.07) is 1.01.